The van der Waals surface area contributed by atoms with E-state index in [4.69, 9.17) is 4.74 Å². The number of ether oxygens (including phenoxy) is 1. The third kappa shape index (κ3) is 5.87. The SMILES string of the molecule is CC1=C(C(=O)O)C(c2ccccc2[N+](=O)[O-])C(C(=O)OCC(C)(C)O)=C(C)N1.[Ac]. The summed E-state index contributed by atoms with van der Waals surface area (Å²) in [5.41, 5.74) is -1.17. The molecule has 1 aromatic carbocycles. The van der Waals surface area contributed by atoms with E-state index in [1.165, 1.54) is 45.0 Å². The van der Waals surface area contributed by atoms with E-state index in [-0.39, 0.29) is 78.8 Å². The molecule has 1 heterocycles. The molecule has 10 heteroatoms. The Balaban J connectivity index is 0.00000420. The Bertz CT molecular complexity index is 900. The number of carboxylic acid groups (broad SMARTS) is 1. The second-order valence-corrected chi connectivity index (χ2v) is 7.15. The van der Waals surface area contributed by atoms with Crippen LogP contribution >= 0.6 is 0 Å². The van der Waals surface area contributed by atoms with Crippen molar-refractivity contribution in [1.82, 2.24) is 5.32 Å². The van der Waals surface area contributed by atoms with E-state index in [9.17, 15) is 29.9 Å². The Labute approximate surface area is 203 Å². The van der Waals surface area contributed by atoms with E-state index < -0.39 is 28.4 Å². The van der Waals surface area contributed by atoms with E-state index >= 15 is 0 Å². The van der Waals surface area contributed by atoms with Gasteiger partial charge in [-0.2, -0.15) is 0 Å². The minimum Gasteiger partial charge on any atom is -0.478 e. The van der Waals surface area contributed by atoms with Crippen LogP contribution in [-0.4, -0.2) is 39.3 Å². The number of allylic oxidation sites excluding steroid dienone is 2. The normalized spacial score (nSPS) is 16.7. The molecule has 153 valence electrons. The van der Waals surface area contributed by atoms with E-state index in [2.05, 4.69) is 5.32 Å². The number of nitrogens with one attached hydrogen (secondary N) is 1. The van der Waals surface area contributed by atoms with Gasteiger partial charge in [0.2, 0.25) is 0 Å². The summed E-state index contributed by atoms with van der Waals surface area (Å²) in [6.45, 7) is 5.66. The fourth-order valence-corrected chi connectivity index (χ4v) is 3.08. The summed E-state index contributed by atoms with van der Waals surface area (Å²) in [5, 5.41) is 33.9. The number of carbonyl (C=O) groups is 2. The maximum absolute atomic E-state index is 12.8. The number of hydrogen-bond donors (Lipinski definition) is 3. The Morgan fingerprint density at radius 3 is 2.28 bits per heavy atom. The molecular formula is C19H22AcN2O7. The maximum Gasteiger partial charge on any atom is 0.336 e. The first-order valence-electron chi connectivity index (χ1n) is 8.48. The second-order valence-electron chi connectivity index (χ2n) is 7.15. The van der Waals surface area contributed by atoms with Crippen molar-refractivity contribution < 1.29 is 73.5 Å². The summed E-state index contributed by atoms with van der Waals surface area (Å²) >= 11 is 0. The number of dihydropyridines is 1. The number of para-hydroxylation sites is 1. The average Bonchev–Trinajstić information content (AvgIpc) is 2.57. The van der Waals surface area contributed by atoms with Gasteiger partial charge in [0.25, 0.3) is 5.69 Å². The van der Waals surface area contributed by atoms with Gasteiger partial charge in [0.05, 0.1) is 27.6 Å². The number of aliphatic hydroxyl groups is 1. The van der Waals surface area contributed by atoms with Gasteiger partial charge in [0.1, 0.15) is 6.61 Å². The Kier molecular flexibility index (Phi) is 8.57. The van der Waals surface area contributed by atoms with Crippen molar-refractivity contribution in [1.29, 1.82) is 0 Å². The molecule has 1 aliphatic rings. The molecule has 1 aromatic rings. The molecule has 2 rings (SSSR count). The predicted molar refractivity (Wildman–Crippen MR) is 99.3 cm³/mol. The number of esters is 1. The summed E-state index contributed by atoms with van der Waals surface area (Å²) in [6.07, 6.45) is 0. The Morgan fingerprint density at radius 2 is 1.76 bits per heavy atom. The van der Waals surface area contributed by atoms with Crippen LogP contribution in [-0.2, 0) is 14.3 Å². The Morgan fingerprint density at radius 1 is 1.21 bits per heavy atom. The monoisotopic (exact) mass is 617 g/mol. The van der Waals surface area contributed by atoms with Gasteiger partial charge in [0.15, 0.2) is 0 Å². The molecule has 29 heavy (non-hydrogen) atoms. The van der Waals surface area contributed by atoms with E-state index in [1.54, 1.807) is 6.92 Å². The smallest absolute Gasteiger partial charge is 0.336 e. The number of hydrogen-bond acceptors (Lipinski definition) is 7. The molecule has 0 bridgehead atoms. The van der Waals surface area contributed by atoms with Crippen molar-refractivity contribution in [3.63, 3.8) is 0 Å². The second kappa shape index (κ2) is 9.83. The largest absolute Gasteiger partial charge is 0.478 e. The number of nitro benzene ring substituents is 1. The number of carboxylic acids is 1. The van der Waals surface area contributed by atoms with Crippen molar-refractivity contribution in [2.24, 2.45) is 0 Å². The molecule has 9 nitrogen and oxygen atoms in total. The van der Waals surface area contributed by atoms with E-state index in [0.29, 0.717) is 5.70 Å². The Hall–Kier alpha value is -1.76. The topological polar surface area (TPSA) is 139 Å². The van der Waals surface area contributed by atoms with Crippen LogP contribution in [0.1, 0.15) is 39.2 Å². The molecule has 3 N–H and O–H groups in total. The maximum atomic E-state index is 12.8. The zero-order valence-corrected chi connectivity index (χ0v) is 21.3. The van der Waals surface area contributed by atoms with Crippen molar-refractivity contribution in [3.05, 3.63) is 62.5 Å². The number of nitrogens with zero attached hydrogens (tertiary/aromatic N) is 1. The number of carbonyl (C=O) groups excluding carboxylic acids is 1. The molecule has 1 radical (unpaired) electrons. The van der Waals surface area contributed by atoms with Crippen molar-refractivity contribution >= 4 is 17.6 Å². The van der Waals surface area contributed by atoms with Crippen LogP contribution in [0, 0.1) is 54.2 Å². The average molecular weight is 617 g/mol. The molecular weight excluding hydrogens is 595 g/mol. The van der Waals surface area contributed by atoms with Gasteiger partial charge in [-0.25, -0.2) is 9.59 Å². The summed E-state index contributed by atoms with van der Waals surface area (Å²) in [4.78, 5) is 35.6. The van der Waals surface area contributed by atoms with Gasteiger partial charge in [-0.3, -0.25) is 10.1 Å². The van der Waals surface area contributed by atoms with Crippen LogP contribution < -0.4 is 5.32 Å². The standard InChI is InChI=1S/C19H22N2O7.Ac/c1-10-14(17(22)23)16(12-7-5-6-8-13(12)21(26)27)15(11(2)20-10)18(24)28-9-19(3,4)25;/h5-8,16,20,25H,9H2,1-4H3,(H,22,23);. The van der Waals surface area contributed by atoms with Gasteiger partial charge < -0.3 is 20.3 Å². The number of rotatable bonds is 6. The summed E-state index contributed by atoms with van der Waals surface area (Å²) in [7, 11) is 0. The van der Waals surface area contributed by atoms with E-state index in [1.807, 2.05) is 0 Å². The van der Waals surface area contributed by atoms with Crippen LogP contribution in [0.25, 0.3) is 0 Å². The van der Waals surface area contributed by atoms with Crippen molar-refractivity contribution in [2.75, 3.05) is 6.61 Å². The molecule has 1 atom stereocenters. The first kappa shape index (κ1) is 25.3. The summed E-state index contributed by atoms with van der Waals surface area (Å²) < 4.78 is 5.16. The molecule has 0 aromatic heterocycles. The first-order chi connectivity index (χ1) is 12.9. The van der Waals surface area contributed by atoms with Crippen LogP contribution in [0.5, 0.6) is 0 Å². The summed E-state index contributed by atoms with van der Waals surface area (Å²) in [6, 6.07) is 5.67. The predicted octanol–water partition coefficient (Wildman–Crippen LogP) is 2.23. The quantitative estimate of drug-likeness (QED) is 0.251. The van der Waals surface area contributed by atoms with Gasteiger partial charge in [-0.1, -0.05) is 18.2 Å². The zero-order chi connectivity index (χ0) is 21.2. The molecule has 0 spiro atoms. The minimum absolute atomic E-state index is 0. The molecule has 0 saturated carbocycles. The molecule has 0 fully saturated rings. The van der Waals surface area contributed by atoms with Crippen LogP contribution in [0.3, 0.4) is 0 Å². The van der Waals surface area contributed by atoms with Gasteiger partial charge >= 0.3 is 11.9 Å². The number of benzene rings is 1. The van der Waals surface area contributed by atoms with Gasteiger partial charge in [-0.15, -0.1) is 0 Å². The molecule has 1 aliphatic heterocycles. The fraction of sp³-hybridized carbons (Fsp3) is 0.368. The van der Waals surface area contributed by atoms with Crippen molar-refractivity contribution in [3.8, 4) is 0 Å². The fourth-order valence-electron chi connectivity index (χ4n) is 3.08. The first-order valence-corrected chi connectivity index (χ1v) is 8.48. The minimum atomic E-state index is -1.31. The van der Waals surface area contributed by atoms with E-state index in [0.717, 1.165) is 0 Å². The molecule has 0 saturated heterocycles. The van der Waals surface area contributed by atoms with Gasteiger partial charge in [-0.05, 0) is 27.7 Å². The van der Waals surface area contributed by atoms with Gasteiger partial charge in [0, 0.05) is 67.1 Å². The summed E-state index contributed by atoms with van der Waals surface area (Å²) in [5.74, 6) is -3.37. The number of nitro groups is 1. The van der Waals surface area contributed by atoms with Crippen molar-refractivity contribution in [2.45, 2.75) is 39.2 Å². The van der Waals surface area contributed by atoms with Crippen LogP contribution in [0.15, 0.2) is 46.8 Å². The van der Waals surface area contributed by atoms with Crippen LogP contribution in [0.4, 0.5) is 5.69 Å². The molecule has 0 amide bonds. The third-order valence-corrected chi connectivity index (χ3v) is 4.21. The molecule has 1 unspecified atom stereocenters. The third-order valence-electron chi connectivity index (χ3n) is 4.21. The van der Waals surface area contributed by atoms with Crippen LogP contribution in [0.2, 0.25) is 0 Å². The molecule has 0 aliphatic carbocycles. The number of aliphatic carboxylic acids is 1. The zero-order valence-electron chi connectivity index (χ0n) is 16.6.